The van der Waals surface area contributed by atoms with Gasteiger partial charge in [-0.2, -0.15) is 0 Å². The Bertz CT molecular complexity index is 533. The maximum atomic E-state index is 5.20. The van der Waals surface area contributed by atoms with Crippen LogP contribution in [0, 0.1) is 5.92 Å². The number of piperidine rings is 1. The van der Waals surface area contributed by atoms with Crippen molar-refractivity contribution in [2.45, 2.75) is 46.2 Å². The summed E-state index contributed by atoms with van der Waals surface area (Å²) < 4.78 is 5.20. The van der Waals surface area contributed by atoms with Gasteiger partial charge in [0.15, 0.2) is 5.96 Å². The van der Waals surface area contributed by atoms with E-state index in [0.717, 1.165) is 24.8 Å². The Kier molecular flexibility index (Phi) is 11.0. The predicted octanol–water partition coefficient (Wildman–Crippen LogP) is 3.49. The summed E-state index contributed by atoms with van der Waals surface area (Å²) in [5.74, 6) is 2.48. The van der Waals surface area contributed by atoms with Crippen LogP contribution in [0.2, 0.25) is 0 Å². The van der Waals surface area contributed by atoms with Gasteiger partial charge in [-0.05, 0) is 63.8 Å². The van der Waals surface area contributed by atoms with Crippen LogP contribution < -0.4 is 15.4 Å². The molecule has 1 aromatic carbocycles. The molecule has 1 heterocycles. The van der Waals surface area contributed by atoms with Crippen molar-refractivity contribution in [1.29, 1.82) is 0 Å². The fourth-order valence-electron chi connectivity index (χ4n) is 3.22. The third kappa shape index (κ3) is 7.70. The number of rotatable bonds is 7. The molecule has 0 saturated carbocycles. The quantitative estimate of drug-likeness (QED) is 0.361. The van der Waals surface area contributed by atoms with Crippen LogP contribution in [0.5, 0.6) is 5.75 Å². The number of aliphatic imine (C=N–C) groups is 1. The second-order valence-electron chi connectivity index (χ2n) is 7.02. The number of likely N-dealkylation sites (tertiary alicyclic amines) is 1. The number of guanidine groups is 1. The van der Waals surface area contributed by atoms with Crippen molar-refractivity contribution < 1.29 is 4.74 Å². The van der Waals surface area contributed by atoms with E-state index in [9.17, 15) is 0 Å². The van der Waals surface area contributed by atoms with Crippen LogP contribution in [0.25, 0.3) is 0 Å². The normalized spacial score (nSPS) is 18.3. The zero-order chi connectivity index (χ0) is 18.1. The van der Waals surface area contributed by atoms with Gasteiger partial charge in [0.05, 0.1) is 13.7 Å². The van der Waals surface area contributed by atoms with Crippen molar-refractivity contribution in [1.82, 2.24) is 15.5 Å². The van der Waals surface area contributed by atoms with Gasteiger partial charge in [0.2, 0.25) is 0 Å². The Morgan fingerprint density at radius 1 is 1.27 bits per heavy atom. The number of nitrogens with zero attached hydrogens (tertiary/aromatic N) is 2. The lowest BCUT2D eigenvalue weighted by atomic mass is 9.97. The van der Waals surface area contributed by atoms with Crippen LogP contribution in [-0.4, -0.2) is 50.2 Å². The number of hydrogen-bond acceptors (Lipinski definition) is 3. The second-order valence-corrected chi connectivity index (χ2v) is 7.02. The van der Waals surface area contributed by atoms with Crippen molar-refractivity contribution in [2.24, 2.45) is 10.9 Å². The molecule has 6 heteroatoms. The van der Waals surface area contributed by atoms with Crippen LogP contribution in [0.4, 0.5) is 0 Å². The molecule has 5 nitrogen and oxygen atoms in total. The highest BCUT2D eigenvalue weighted by Gasteiger charge is 2.21. The van der Waals surface area contributed by atoms with E-state index in [2.05, 4.69) is 48.4 Å². The fourth-order valence-corrected chi connectivity index (χ4v) is 3.22. The molecular formula is C20H35IN4O. The molecule has 2 N–H and O–H groups in total. The average molecular weight is 474 g/mol. The SMILES string of the molecule is CCNC(=NCc1ccc(OC)cc1)NCC1CCCN(C(C)C)C1.I. The molecule has 0 spiro atoms. The Hall–Kier alpha value is -1.02. The van der Waals surface area contributed by atoms with Crippen LogP contribution in [0.1, 0.15) is 39.2 Å². The minimum absolute atomic E-state index is 0. The molecule has 1 fully saturated rings. The summed E-state index contributed by atoms with van der Waals surface area (Å²) in [4.78, 5) is 7.30. The number of ether oxygens (including phenoxy) is 1. The minimum atomic E-state index is 0. The van der Waals surface area contributed by atoms with Crippen molar-refractivity contribution in [3.8, 4) is 5.75 Å². The molecule has 26 heavy (non-hydrogen) atoms. The van der Waals surface area contributed by atoms with E-state index < -0.39 is 0 Å². The van der Waals surface area contributed by atoms with E-state index in [-0.39, 0.29) is 24.0 Å². The molecular weight excluding hydrogens is 439 g/mol. The summed E-state index contributed by atoms with van der Waals surface area (Å²) in [6, 6.07) is 8.72. The van der Waals surface area contributed by atoms with Gasteiger partial charge in [0.1, 0.15) is 5.75 Å². The first-order chi connectivity index (χ1) is 12.1. The van der Waals surface area contributed by atoms with Gasteiger partial charge < -0.3 is 20.3 Å². The summed E-state index contributed by atoms with van der Waals surface area (Å²) in [6.07, 6.45) is 2.60. The largest absolute Gasteiger partial charge is 0.497 e. The molecule has 148 valence electrons. The van der Waals surface area contributed by atoms with E-state index in [1.807, 2.05) is 12.1 Å². The van der Waals surface area contributed by atoms with Gasteiger partial charge in [-0.1, -0.05) is 12.1 Å². The predicted molar refractivity (Wildman–Crippen MR) is 121 cm³/mol. The molecule has 1 aliphatic rings. The van der Waals surface area contributed by atoms with E-state index >= 15 is 0 Å². The van der Waals surface area contributed by atoms with Gasteiger partial charge in [0, 0.05) is 25.7 Å². The van der Waals surface area contributed by atoms with Gasteiger partial charge in [-0.15, -0.1) is 24.0 Å². The van der Waals surface area contributed by atoms with Gasteiger partial charge in [-0.3, -0.25) is 0 Å². The smallest absolute Gasteiger partial charge is 0.191 e. The highest BCUT2D eigenvalue weighted by Crippen LogP contribution is 2.17. The Labute approximate surface area is 176 Å². The highest BCUT2D eigenvalue weighted by atomic mass is 127. The van der Waals surface area contributed by atoms with Crippen LogP contribution in [-0.2, 0) is 6.54 Å². The molecule has 1 aromatic rings. The Balaban J connectivity index is 0.00000338. The van der Waals surface area contributed by atoms with Crippen LogP contribution in [0.15, 0.2) is 29.3 Å². The molecule has 1 saturated heterocycles. The van der Waals surface area contributed by atoms with Gasteiger partial charge in [-0.25, -0.2) is 4.99 Å². The van der Waals surface area contributed by atoms with E-state index in [4.69, 9.17) is 9.73 Å². The highest BCUT2D eigenvalue weighted by molar-refractivity contribution is 14.0. The topological polar surface area (TPSA) is 48.9 Å². The van der Waals surface area contributed by atoms with Crippen molar-refractivity contribution in [2.75, 3.05) is 33.3 Å². The third-order valence-corrected chi connectivity index (χ3v) is 4.76. The van der Waals surface area contributed by atoms with Crippen LogP contribution in [0.3, 0.4) is 0 Å². The molecule has 1 aliphatic heterocycles. The van der Waals surface area contributed by atoms with Gasteiger partial charge in [0.25, 0.3) is 0 Å². The monoisotopic (exact) mass is 474 g/mol. The standard InChI is InChI=1S/C20H34N4O.HI/c1-5-21-20(22-13-17-8-10-19(25-4)11-9-17)23-14-18-7-6-12-24(15-18)16(2)3;/h8-11,16,18H,5-7,12-15H2,1-4H3,(H2,21,22,23);1H. The Morgan fingerprint density at radius 2 is 2.00 bits per heavy atom. The van der Waals surface area contributed by atoms with Crippen molar-refractivity contribution in [3.63, 3.8) is 0 Å². The number of methoxy groups -OCH3 is 1. The molecule has 0 bridgehead atoms. The first-order valence-electron chi connectivity index (χ1n) is 9.51. The van der Waals surface area contributed by atoms with Gasteiger partial charge >= 0.3 is 0 Å². The summed E-state index contributed by atoms with van der Waals surface area (Å²) in [5, 5.41) is 6.88. The average Bonchev–Trinajstić information content (AvgIpc) is 2.64. The number of halogens is 1. The summed E-state index contributed by atoms with van der Waals surface area (Å²) in [7, 11) is 1.69. The third-order valence-electron chi connectivity index (χ3n) is 4.76. The second kappa shape index (κ2) is 12.4. The lowest BCUT2D eigenvalue weighted by Crippen LogP contribution is -2.46. The molecule has 0 amide bonds. The summed E-state index contributed by atoms with van der Waals surface area (Å²) >= 11 is 0. The fraction of sp³-hybridized carbons (Fsp3) is 0.650. The molecule has 1 unspecified atom stereocenters. The molecule has 2 rings (SSSR count). The zero-order valence-corrected chi connectivity index (χ0v) is 19.0. The number of benzene rings is 1. The van der Waals surface area contributed by atoms with Crippen molar-refractivity contribution >= 4 is 29.9 Å². The molecule has 1 atom stereocenters. The van der Waals surface area contributed by atoms with Crippen LogP contribution >= 0.6 is 24.0 Å². The summed E-state index contributed by atoms with van der Waals surface area (Å²) in [6.45, 7) is 11.6. The number of hydrogen-bond donors (Lipinski definition) is 2. The maximum Gasteiger partial charge on any atom is 0.191 e. The Morgan fingerprint density at radius 3 is 2.62 bits per heavy atom. The summed E-state index contributed by atoms with van der Waals surface area (Å²) in [5.41, 5.74) is 1.18. The van der Waals surface area contributed by atoms with Crippen molar-refractivity contribution in [3.05, 3.63) is 29.8 Å². The minimum Gasteiger partial charge on any atom is -0.497 e. The van der Waals surface area contributed by atoms with E-state index in [1.54, 1.807) is 7.11 Å². The number of nitrogens with one attached hydrogen (secondary N) is 2. The van der Waals surface area contributed by atoms with E-state index in [1.165, 1.54) is 31.5 Å². The zero-order valence-electron chi connectivity index (χ0n) is 16.6. The molecule has 0 aliphatic carbocycles. The lowest BCUT2D eigenvalue weighted by molar-refractivity contribution is 0.141. The maximum absolute atomic E-state index is 5.20. The van der Waals surface area contributed by atoms with E-state index in [0.29, 0.717) is 18.5 Å². The first kappa shape index (κ1) is 23.0. The first-order valence-corrected chi connectivity index (χ1v) is 9.51. The molecule has 0 aromatic heterocycles. The lowest BCUT2D eigenvalue weighted by Gasteiger charge is -2.35. The molecule has 0 radical (unpaired) electrons.